The van der Waals surface area contributed by atoms with E-state index in [9.17, 15) is 0 Å². The van der Waals surface area contributed by atoms with Crippen molar-refractivity contribution >= 4 is 8.07 Å². The van der Waals surface area contributed by atoms with Crippen molar-refractivity contribution in [2.45, 2.75) is 64.8 Å². The van der Waals surface area contributed by atoms with Gasteiger partial charge in [0.25, 0.3) is 0 Å². The van der Waals surface area contributed by atoms with Crippen LogP contribution in [0, 0.1) is 0 Å². The highest BCUT2D eigenvalue weighted by molar-refractivity contribution is 6.86. The van der Waals surface area contributed by atoms with Crippen LogP contribution in [0.3, 0.4) is 0 Å². The van der Waals surface area contributed by atoms with Gasteiger partial charge in [-0.05, 0) is 25.0 Å². The van der Waals surface area contributed by atoms with E-state index >= 15 is 0 Å². The second-order valence-corrected chi connectivity index (χ2v) is 11.8. The van der Waals surface area contributed by atoms with Crippen molar-refractivity contribution in [1.29, 1.82) is 0 Å². The molecule has 0 N–H and O–H groups in total. The molecule has 0 unspecified atom stereocenters. The molecule has 0 saturated heterocycles. The molecular formula is C12H24OSi. The van der Waals surface area contributed by atoms with E-state index < -0.39 is 8.07 Å². The van der Waals surface area contributed by atoms with E-state index in [4.69, 9.17) is 4.74 Å². The minimum absolute atomic E-state index is 0.0326. The first-order chi connectivity index (χ1) is 6.06. The van der Waals surface area contributed by atoms with Crippen LogP contribution < -0.4 is 0 Å². The Labute approximate surface area is 89.6 Å². The maximum atomic E-state index is 6.06. The molecule has 1 heterocycles. The molecule has 1 aliphatic rings. The van der Waals surface area contributed by atoms with Crippen LogP contribution in [0.1, 0.15) is 41.0 Å². The summed E-state index contributed by atoms with van der Waals surface area (Å²) in [5.41, 5.74) is 0.0326. The predicted molar refractivity (Wildman–Crippen MR) is 65.1 cm³/mol. The fourth-order valence-corrected chi connectivity index (χ4v) is 3.35. The molecule has 0 radical (unpaired) electrons. The largest absolute Gasteiger partial charge is 0.497 e. The fraction of sp³-hybridized carbons (Fsp3) is 0.833. The molecule has 0 bridgehead atoms. The zero-order valence-electron chi connectivity index (χ0n) is 10.7. The molecule has 0 atom stereocenters. The summed E-state index contributed by atoms with van der Waals surface area (Å²) in [5.74, 6) is 0. The summed E-state index contributed by atoms with van der Waals surface area (Å²) in [4.78, 5) is 0. The Morgan fingerprint density at radius 1 is 1.29 bits per heavy atom. The Bertz CT molecular complexity index is 256. The van der Waals surface area contributed by atoms with E-state index in [-0.39, 0.29) is 5.60 Å². The molecule has 0 aromatic heterocycles. The van der Waals surface area contributed by atoms with Gasteiger partial charge in [0.1, 0.15) is 13.7 Å². The first-order valence-electron chi connectivity index (χ1n) is 5.46. The molecule has 1 rings (SSSR count). The van der Waals surface area contributed by atoms with Gasteiger partial charge in [0, 0.05) is 6.42 Å². The van der Waals surface area contributed by atoms with Gasteiger partial charge < -0.3 is 4.74 Å². The van der Waals surface area contributed by atoms with Crippen LogP contribution in [0.15, 0.2) is 11.5 Å². The number of hydrogen-bond donors (Lipinski definition) is 0. The van der Waals surface area contributed by atoms with Crippen LogP contribution in [0.5, 0.6) is 0 Å². The Morgan fingerprint density at radius 2 is 1.79 bits per heavy atom. The molecule has 0 amide bonds. The third kappa shape index (κ3) is 2.05. The maximum Gasteiger partial charge on any atom is 0.130 e. The minimum atomic E-state index is -1.42. The van der Waals surface area contributed by atoms with Crippen LogP contribution in [0.2, 0.25) is 18.1 Å². The van der Waals surface area contributed by atoms with Gasteiger partial charge >= 0.3 is 0 Å². The van der Waals surface area contributed by atoms with Crippen molar-refractivity contribution in [2.24, 2.45) is 0 Å². The Balaban J connectivity index is 2.87. The lowest BCUT2D eigenvalue weighted by Gasteiger charge is -2.38. The second kappa shape index (κ2) is 3.12. The van der Waals surface area contributed by atoms with Gasteiger partial charge in [0.05, 0.1) is 5.38 Å². The third-order valence-corrected chi connectivity index (χ3v) is 8.94. The van der Waals surface area contributed by atoms with E-state index in [2.05, 4.69) is 53.8 Å². The summed E-state index contributed by atoms with van der Waals surface area (Å²) in [6.07, 6.45) is 3.38. The van der Waals surface area contributed by atoms with Gasteiger partial charge in [0.15, 0.2) is 0 Å². The first-order valence-corrected chi connectivity index (χ1v) is 8.46. The monoisotopic (exact) mass is 212 g/mol. The lowest BCUT2D eigenvalue weighted by Crippen LogP contribution is -2.41. The highest BCUT2D eigenvalue weighted by atomic mass is 28.3. The van der Waals surface area contributed by atoms with Crippen molar-refractivity contribution in [3.8, 4) is 0 Å². The van der Waals surface area contributed by atoms with Crippen molar-refractivity contribution in [3.05, 3.63) is 11.5 Å². The van der Waals surface area contributed by atoms with E-state index in [0.717, 1.165) is 6.42 Å². The van der Waals surface area contributed by atoms with Crippen LogP contribution in [0.25, 0.3) is 0 Å². The average molecular weight is 212 g/mol. The van der Waals surface area contributed by atoms with Gasteiger partial charge in [-0.1, -0.05) is 33.9 Å². The zero-order valence-corrected chi connectivity index (χ0v) is 11.7. The smallest absolute Gasteiger partial charge is 0.130 e. The van der Waals surface area contributed by atoms with Crippen LogP contribution >= 0.6 is 0 Å². The normalized spacial score (nSPS) is 21.8. The van der Waals surface area contributed by atoms with Crippen LogP contribution in [0.4, 0.5) is 0 Å². The lowest BCUT2D eigenvalue weighted by molar-refractivity contribution is 0.0718. The Morgan fingerprint density at radius 3 is 2.07 bits per heavy atom. The molecule has 1 aliphatic heterocycles. The molecule has 0 fully saturated rings. The third-order valence-electron chi connectivity index (χ3n) is 3.66. The summed E-state index contributed by atoms with van der Waals surface area (Å²) < 4.78 is 6.06. The lowest BCUT2D eigenvalue weighted by atomic mass is 10.1. The van der Waals surface area contributed by atoms with E-state index in [1.807, 2.05) is 0 Å². The van der Waals surface area contributed by atoms with Gasteiger partial charge in [-0.3, -0.25) is 0 Å². The van der Waals surface area contributed by atoms with Crippen LogP contribution in [-0.2, 0) is 4.74 Å². The molecule has 0 spiro atoms. The number of hydrogen-bond acceptors (Lipinski definition) is 1. The van der Waals surface area contributed by atoms with Crippen LogP contribution in [-0.4, -0.2) is 13.7 Å². The van der Waals surface area contributed by atoms with E-state index in [1.165, 1.54) is 5.38 Å². The first kappa shape index (κ1) is 11.8. The molecule has 2 heteroatoms. The molecular weight excluding hydrogens is 188 g/mol. The molecule has 1 nitrogen and oxygen atoms in total. The van der Waals surface area contributed by atoms with Crippen molar-refractivity contribution < 1.29 is 4.74 Å². The van der Waals surface area contributed by atoms with Gasteiger partial charge in [-0.15, -0.1) is 0 Å². The molecule has 0 aliphatic carbocycles. The Hall–Kier alpha value is -0.243. The number of ether oxygens (including phenoxy) is 1. The zero-order chi connectivity index (χ0) is 11.2. The highest BCUT2D eigenvalue weighted by Crippen LogP contribution is 2.44. The number of rotatable bonds is 1. The quantitative estimate of drug-likeness (QED) is 0.594. The summed E-state index contributed by atoms with van der Waals surface area (Å²) in [6, 6.07) is 0. The standard InChI is InChI=1S/C12H24OSi/c1-11(2,3)14(6,7)10-8-9-12(4,5)13-10/h8H,9H2,1-7H3. The second-order valence-electron chi connectivity index (χ2n) is 6.51. The van der Waals surface area contributed by atoms with Gasteiger partial charge in [0.2, 0.25) is 0 Å². The Kier molecular flexibility index (Phi) is 2.64. The minimum Gasteiger partial charge on any atom is -0.497 e. The average Bonchev–Trinajstić information content (AvgIpc) is 2.28. The molecule has 0 aromatic carbocycles. The SMILES string of the molecule is CC1(C)CC=C([Si](C)(C)C(C)(C)C)O1. The highest BCUT2D eigenvalue weighted by Gasteiger charge is 2.44. The maximum absolute atomic E-state index is 6.06. The van der Waals surface area contributed by atoms with E-state index in [0.29, 0.717) is 5.04 Å². The summed E-state index contributed by atoms with van der Waals surface area (Å²) >= 11 is 0. The van der Waals surface area contributed by atoms with E-state index in [1.54, 1.807) is 0 Å². The summed E-state index contributed by atoms with van der Waals surface area (Å²) in [6.45, 7) is 16.1. The van der Waals surface area contributed by atoms with Crippen molar-refractivity contribution in [3.63, 3.8) is 0 Å². The summed E-state index contributed by atoms with van der Waals surface area (Å²) in [5, 5.41) is 1.68. The topological polar surface area (TPSA) is 9.23 Å². The molecule has 82 valence electrons. The summed E-state index contributed by atoms with van der Waals surface area (Å²) in [7, 11) is -1.42. The van der Waals surface area contributed by atoms with Crippen molar-refractivity contribution in [1.82, 2.24) is 0 Å². The molecule has 0 aromatic rings. The van der Waals surface area contributed by atoms with Crippen molar-refractivity contribution in [2.75, 3.05) is 0 Å². The van der Waals surface area contributed by atoms with Gasteiger partial charge in [-0.25, -0.2) is 0 Å². The fourth-order valence-electron chi connectivity index (χ4n) is 1.47. The molecule has 0 saturated carbocycles. The molecule has 14 heavy (non-hydrogen) atoms. The predicted octanol–water partition coefficient (Wildman–Crippen LogP) is 4.12. The van der Waals surface area contributed by atoms with Gasteiger partial charge in [-0.2, -0.15) is 0 Å².